The number of hydrogen-bond donors (Lipinski definition) is 0. The van der Waals surface area contributed by atoms with Gasteiger partial charge in [0.1, 0.15) is 0 Å². The largest absolute Gasteiger partial charge is 2.00 e. The fraction of sp³-hybridized carbons (Fsp3) is 0.143. The van der Waals surface area contributed by atoms with E-state index < -0.39 is 0 Å². The first kappa shape index (κ1) is 16.7. The predicted molar refractivity (Wildman–Crippen MR) is 70.1 cm³/mol. The van der Waals surface area contributed by atoms with Crippen LogP contribution in [0.5, 0.6) is 0 Å². The quantitative estimate of drug-likeness (QED) is 0.479. The van der Waals surface area contributed by atoms with Gasteiger partial charge in [-0.15, -0.1) is 35.3 Å². The molecule has 0 saturated carbocycles. The first-order chi connectivity index (χ1) is 7.58. The molecule has 0 nitrogen and oxygen atoms in total. The van der Waals surface area contributed by atoms with Crippen molar-refractivity contribution >= 4 is 23.2 Å². The molecule has 0 heterocycles. The van der Waals surface area contributed by atoms with Crippen LogP contribution in [0.25, 0.3) is 0 Å². The Morgan fingerprint density at radius 3 is 1.35 bits per heavy atom. The van der Waals surface area contributed by atoms with Crippen LogP contribution < -0.4 is 0 Å². The van der Waals surface area contributed by atoms with Gasteiger partial charge in [-0.1, -0.05) is 23.9 Å². The zero-order valence-electron chi connectivity index (χ0n) is 9.72. The van der Waals surface area contributed by atoms with Gasteiger partial charge in [0, 0.05) is 0 Å². The van der Waals surface area contributed by atoms with Crippen LogP contribution in [0.3, 0.4) is 0 Å². The van der Waals surface area contributed by atoms with E-state index in [-0.39, 0.29) is 21.7 Å². The molecule has 86 valence electrons. The van der Waals surface area contributed by atoms with Gasteiger partial charge in [-0.2, -0.15) is 47.5 Å². The van der Waals surface area contributed by atoms with E-state index in [0.29, 0.717) is 0 Å². The average Bonchev–Trinajstić information content (AvgIpc) is 2.17. The van der Waals surface area contributed by atoms with E-state index in [4.69, 9.17) is 23.2 Å². The minimum atomic E-state index is 0. The molecule has 17 heavy (non-hydrogen) atoms. The van der Waals surface area contributed by atoms with Crippen molar-refractivity contribution in [2.75, 3.05) is 0 Å². The van der Waals surface area contributed by atoms with Gasteiger partial charge >= 0.3 is 21.7 Å². The van der Waals surface area contributed by atoms with Crippen LogP contribution in [0, 0.1) is 26.0 Å². The maximum Gasteiger partial charge on any atom is 2.00 e. The van der Waals surface area contributed by atoms with Gasteiger partial charge in [0.15, 0.2) is 0 Å². The fourth-order valence-electron chi connectivity index (χ4n) is 1.10. The first-order valence-electron chi connectivity index (χ1n) is 4.85. The molecule has 0 unspecified atom stereocenters. The Morgan fingerprint density at radius 2 is 1.18 bits per heavy atom. The normalized spacial score (nSPS) is 8.71. The van der Waals surface area contributed by atoms with Crippen LogP contribution in [-0.4, -0.2) is 0 Å². The van der Waals surface area contributed by atoms with E-state index in [1.54, 1.807) is 0 Å². The third-order valence-corrected chi connectivity index (χ3v) is 2.29. The Balaban J connectivity index is 0.000000284. The fourth-order valence-corrected chi connectivity index (χ4v) is 1.55. The summed E-state index contributed by atoms with van der Waals surface area (Å²) in [6.07, 6.45) is 0. The summed E-state index contributed by atoms with van der Waals surface area (Å²) >= 11 is 11.2. The van der Waals surface area contributed by atoms with E-state index in [2.05, 4.69) is 12.1 Å². The molecule has 0 atom stereocenters. The van der Waals surface area contributed by atoms with Crippen molar-refractivity contribution in [1.29, 1.82) is 0 Å². The van der Waals surface area contributed by atoms with Crippen LogP contribution >= 0.6 is 23.2 Å². The van der Waals surface area contributed by atoms with Crippen molar-refractivity contribution in [2.45, 2.75) is 13.8 Å². The standard InChI is InChI=1S/2C7H6Cl.Ti/c2*1-6-3-2-4-7(8)5-6;/h2*2,4-5H,1H3;/q2*-1;+2. The van der Waals surface area contributed by atoms with Crippen molar-refractivity contribution in [3.05, 3.63) is 69.7 Å². The molecular weight excluding hydrogens is 287 g/mol. The molecule has 0 N–H and O–H groups in total. The monoisotopic (exact) mass is 298 g/mol. The molecule has 0 radical (unpaired) electrons. The summed E-state index contributed by atoms with van der Waals surface area (Å²) in [6, 6.07) is 17.0. The van der Waals surface area contributed by atoms with Crippen LogP contribution in [0.2, 0.25) is 10.0 Å². The molecule has 0 aliphatic carbocycles. The molecule has 0 aliphatic rings. The summed E-state index contributed by atoms with van der Waals surface area (Å²) in [4.78, 5) is 0. The summed E-state index contributed by atoms with van der Waals surface area (Å²) in [5.41, 5.74) is 2.16. The molecule has 0 amide bonds. The van der Waals surface area contributed by atoms with E-state index in [1.807, 2.05) is 50.2 Å². The molecule has 0 fully saturated rings. The van der Waals surface area contributed by atoms with Gasteiger partial charge in [-0.05, 0) is 0 Å². The minimum Gasteiger partial charge on any atom is -0.181 e. The molecule has 2 aromatic carbocycles. The van der Waals surface area contributed by atoms with Crippen molar-refractivity contribution in [1.82, 2.24) is 0 Å². The molecule has 0 spiro atoms. The Hall–Kier alpha value is -0.266. The van der Waals surface area contributed by atoms with E-state index in [0.717, 1.165) is 21.2 Å². The van der Waals surface area contributed by atoms with Gasteiger partial charge < -0.3 is 0 Å². The third-order valence-electron chi connectivity index (χ3n) is 1.82. The summed E-state index contributed by atoms with van der Waals surface area (Å²) in [7, 11) is 0. The average molecular weight is 299 g/mol. The predicted octanol–water partition coefficient (Wildman–Crippen LogP) is 4.89. The Morgan fingerprint density at radius 1 is 0.824 bits per heavy atom. The van der Waals surface area contributed by atoms with E-state index >= 15 is 0 Å². The molecule has 0 saturated heterocycles. The van der Waals surface area contributed by atoms with Gasteiger partial charge in [0.2, 0.25) is 0 Å². The first-order valence-corrected chi connectivity index (χ1v) is 5.61. The summed E-state index contributed by atoms with van der Waals surface area (Å²) < 4.78 is 0. The van der Waals surface area contributed by atoms with E-state index in [1.165, 1.54) is 0 Å². The second kappa shape index (κ2) is 8.77. The molecular formula is C14H12Cl2Ti. The second-order valence-electron chi connectivity index (χ2n) is 3.38. The Bertz CT molecular complexity index is 377. The number of hydrogen-bond acceptors (Lipinski definition) is 0. The SMILES string of the molecule is Cc1[c-]ccc(Cl)c1.Cc1[c-]ccc(Cl)c1.[Ti+2]. The maximum absolute atomic E-state index is 5.62. The van der Waals surface area contributed by atoms with E-state index in [9.17, 15) is 0 Å². The number of rotatable bonds is 0. The molecule has 0 bridgehead atoms. The Kier molecular flexibility index (Phi) is 8.63. The van der Waals surface area contributed by atoms with Crippen molar-refractivity contribution in [3.63, 3.8) is 0 Å². The summed E-state index contributed by atoms with van der Waals surface area (Å²) in [5, 5.41) is 1.56. The van der Waals surface area contributed by atoms with Crippen LogP contribution in [0.15, 0.2) is 36.4 Å². The number of benzene rings is 2. The zero-order valence-corrected chi connectivity index (χ0v) is 12.8. The molecule has 2 rings (SSSR count). The van der Waals surface area contributed by atoms with Crippen molar-refractivity contribution < 1.29 is 21.7 Å². The van der Waals surface area contributed by atoms with Crippen molar-refractivity contribution in [3.8, 4) is 0 Å². The van der Waals surface area contributed by atoms with Crippen LogP contribution in [-0.2, 0) is 21.7 Å². The van der Waals surface area contributed by atoms with Gasteiger partial charge in [0.05, 0.1) is 0 Å². The number of halogens is 2. The van der Waals surface area contributed by atoms with Gasteiger partial charge in [-0.3, -0.25) is 0 Å². The third kappa shape index (κ3) is 7.62. The van der Waals surface area contributed by atoms with Crippen molar-refractivity contribution in [2.24, 2.45) is 0 Å². The minimum absolute atomic E-state index is 0. The van der Waals surface area contributed by atoms with Crippen LogP contribution in [0.1, 0.15) is 11.1 Å². The smallest absolute Gasteiger partial charge is 0.181 e. The maximum atomic E-state index is 5.62. The zero-order chi connectivity index (χ0) is 12.0. The second-order valence-corrected chi connectivity index (χ2v) is 4.25. The molecule has 3 heteroatoms. The van der Waals surface area contributed by atoms with Gasteiger partial charge in [-0.25, -0.2) is 0 Å². The van der Waals surface area contributed by atoms with Gasteiger partial charge in [0.25, 0.3) is 0 Å². The summed E-state index contributed by atoms with van der Waals surface area (Å²) in [5.74, 6) is 0. The number of aryl methyl sites for hydroxylation is 2. The van der Waals surface area contributed by atoms with Crippen LogP contribution in [0.4, 0.5) is 0 Å². The molecule has 2 aromatic rings. The molecule has 0 aliphatic heterocycles. The molecule has 0 aromatic heterocycles. The Labute approximate surface area is 128 Å². The summed E-state index contributed by atoms with van der Waals surface area (Å²) in [6.45, 7) is 3.93. The topological polar surface area (TPSA) is 0 Å².